The highest BCUT2D eigenvalue weighted by molar-refractivity contribution is 4.89. The largest absolute Gasteiger partial charge is 0.442 e. The second-order valence-electron chi connectivity index (χ2n) is 2.40. The van der Waals surface area contributed by atoms with Crippen LogP contribution in [0.15, 0.2) is 12.3 Å². The van der Waals surface area contributed by atoms with Crippen LogP contribution in [-0.4, -0.2) is 19.2 Å². The van der Waals surface area contributed by atoms with Crippen molar-refractivity contribution in [1.82, 2.24) is 0 Å². The fourth-order valence-corrected chi connectivity index (χ4v) is 1.04. The van der Waals surface area contributed by atoms with Crippen molar-refractivity contribution in [3.8, 4) is 0 Å². The monoisotopic (exact) mass is 158 g/mol. The standard InChI is InChI=1S/C8H14O3/c1-4-8(9-5-2)10-6-7(3)11-8/h3-6H2,1-2H3. The summed E-state index contributed by atoms with van der Waals surface area (Å²) in [7, 11) is 0. The van der Waals surface area contributed by atoms with Gasteiger partial charge < -0.3 is 14.2 Å². The molecule has 11 heavy (non-hydrogen) atoms. The summed E-state index contributed by atoms with van der Waals surface area (Å²) in [6.07, 6.45) is 0.680. The third-order valence-electron chi connectivity index (χ3n) is 1.55. The van der Waals surface area contributed by atoms with Crippen LogP contribution in [0.4, 0.5) is 0 Å². The Kier molecular flexibility index (Phi) is 2.52. The van der Waals surface area contributed by atoms with E-state index in [1.807, 2.05) is 13.8 Å². The SMILES string of the molecule is C=C1COC(CC)(OCC)O1. The Labute approximate surface area is 66.9 Å². The Morgan fingerprint density at radius 2 is 2.36 bits per heavy atom. The predicted molar refractivity (Wildman–Crippen MR) is 40.8 cm³/mol. The van der Waals surface area contributed by atoms with Gasteiger partial charge in [-0.05, 0) is 6.92 Å². The van der Waals surface area contributed by atoms with Crippen molar-refractivity contribution in [3.63, 3.8) is 0 Å². The van der Waals surface area contributed by atoms with E-state index in [2.05, 4.69) is 6.58 Å². The average molecular weight is 158 g/mol. The minimum absolute atomic E-state index is 0.438. The summed E-state index contributed by atoms with van der Waals surface area (Å²) in [5.74, 6) is -0.202. The molecule has 1 atom stereocenters. The first-order valence-corrected chi connectivity index (χ1v) is 3.87. The topological polar surface area (TPSA) is 27.7 Å². The first-order valence-electron chi connectivity index (χ1n) is 3.87. The fraction of sp³-hybridized carbons (Fsp3) is 0.750. The van der Waals surface area contributed by atoms with Crippen LogP contribution in [0.25, 0.3) is 0 Å². The minimum Gasteiger partial charge on any atom is -0.442 e. The molecule has 1 aliphatic heterocycles. The van der Waals surface area contributed by atoms with Gasteiger partial charge in [-0.25, -0.2) is 0 Å². The van der Waals surface area contributed by atoms with Crippen molar-refractivity contribution >= 4 is 0 Å². The predicted octanol–water partition coefficient (Wildman–Crippen LogP) is 1.65. The van der Waals surface area contributed by atoms with E-state index in [-0.39, 0.29) is 0 Å². The van der Waals surface area contributed by atoms with Crippen molar-refractivity contribution in [1.29, 1.82) is 0 Å². The van der Waals surface area contributed by atoms with Crippen LogP contribution in [0.1, 0.15) is 20.3 Å². The zero-order valence-corrected chi connectivity index (χ0v) is 7.05. The van der Waals surface area contributed by atoms with Gasteiger partial charge in [-0.15, -0.1) is 0 Å². The summed E-state index contributed by atoms with van der Waals surface area (Å²) in [5.41, 5.74) is 0. The van der Waals surface area contributed by atoms with Crippen molar-refractivity contribution in [2.45, 2.75) is 26.2 Å². The minimum atomic E-state index is -0.841. The lowest BCUT2D eigenvalue weighted by Crippen LogP contribution is -2.32. The van der Waals surface area contributed by atoms with Gasteiger partial charge in [0.05, 0.1) is 6.61 Å². The molecule has 0 amide bonds. The molecule has 0 aromatic heterocycles. The van der Waals surface area contributed by atoms with Gasteiger partial charge in [0.15, 0.2) is 0 Å². The van der Waals surface area contributed by atoms with Gasteiger partial charge in [0.1, 0.15) is 12.4 Å². The molecule has 1 rings (SSSR count). The molecular formula is C8H14O3. The van der Waals surface area contributed by atoms with E-state index in [9.17, 15) is 0 Å². The fourth-order valence-electron chi connectivity index (χ4n) is 1.04. The Hall–Kier alpha value is -0.540. The van der Waals surface area contributed by atoms with Crippen LogP contribution in [-0.2, 0) is 14.2 Å². The van der Waals surface area contributed by atoms with Crippen molar-refractivity contribution in [2.24, 2.45) is 0 Å². The van der Waals surface area contributed by atoms with E-state index in [1.165, 1.54) is 0 Å². The second-order valence-corrected chi connectivity index (χ2v) is 2.40. The third-order valence-corrected chi connectivity index (χ3v) is 1.55. The Morgan fingerprint density at radius 1 is 1.64 bits per heavy atom. The summed E-state index contributed by atoms with van der Waals surface area (Å²) >= 11 is 0. The molecule has 0 saturated carbocycles. The van der Waals surface area contributed by atoms with E-state index in [1.54, 1.807) is 0 Å². The van der Waals surface area contributed by atoms with E-state index >= 15 is 0 Å². The van der Waals surface area contributed by atoms with Crippen molar-refractivity contribution < 1.29 is 14.2 Å². The highest BCUT2D eigenvalue weighted by Gasteiger charge is 2.38. The Balaban J connectivity index is 2.54. The van der Waals surface area contributed by atoms with E-state index in [0.29, 0.717) is 25.4 Å². The summed E-state index contributed by atoms with van der Waals surface area (Å²) in [5, 5.41) is 0. The molecule has 1 saturated heterocycles. The van der Waals surface area contributed by atoms with Gasteiger partial charge in [-0.3, -0.25) is 0 Å². The molecule has 3 nitrogen and oxygen atoms in total. The van der Waals surface area contributed by atoms with Gasteiger partial charge >= 0.3 is 5.97 Å². The molecule has 1 heterocycles. The van der Waals surface area contributed by atoms with Crippen LogP contribution < -0.4 is 0 Å². The van der Waals surface area contributed by atoms with Gasteiger partial charge in [0.2, 0.25) is 0 Å². The third kappa shape index (κ3) is 1.73. The number of ether oxygens (including phenoxy) is 3. The molecule has 0 radical (unpaired) electrons. The molecule has 0 aromatic rings. The van der Waals surface area contributed by atoms with Crippen LogP contribution >= 0.6 is 0 Å². The van der Waals surface area contributed by atoms with Gasteiger partial charge in [0.25, 0.3) is 0 Å². The lowest BCUT2D eigenvalue weighted by molar-refractivity contribution is -0.324. The molecule has 0 N–H and O–H groups in total. The molecule has 64 valence electrons. The normalized spacial score (nSPS) is 30.5. The molecule has 0 aromatic carbocycles. The number of rotatable bonds is 3. The zero-order valence-electron chi connectivity index (χ0n) is 7.05. The van der Waals surface area contributed by atoms with E-state index in [0.717, 1.165) is 0 Å². The molecular weight excluding hydrogens is 144 g/mol. The summed E-state index contributed by atoms with van der Waals surface area (Å²) in [6, 6.07) is 0. The number of hydrogen-bond donors (Lipinski definition) is 0. The Bertz CT molecular complexity index is 155. The molecule has 1 aliphatic rings. The highest BCUT2D eigenvalue weighted by atomic mass is 16.9. The molecule has 3 heteroatoms. The second kappa shape index (κ2) is 3.24. The van der Waals surface area contributed by atoms with Gasteiger partial charge in [0, 0.05) is 6.42 Å². The summed E-state index contributed by atoms with van der Waals surface area (Å²) in [6.45, 7) is 8.54. The summed E-state index contributed by atoms with van der Waals surface area (Å²) < 4.78 is 15.9. The first-order chi connectivity index (χ1) is 5.22. The van der Waals surface area contributed by atoms with Crippen LogP contribution in [0, 0.1) is 0 Å². The quantitative estimate of drug-likeness (QED) is 0.625. The maximum Gasteiger partial charge on any atom is 0.326 e. The molecule has 0 bridgehead atoms. The molecule has 0 spiro atoms. The lowest BCUT2D eigenvalue weighted by atomic mass is 10.4. The van der Waals surface area contributed by atoms with Crippen molar-refractivity contribution in [2.75, 3.05) is 13.2 Å². The van der Waals surface area contributed by atoms with Crippen LogP contribution in [0.2, 0.25) is 0 Å². The van der Waals surface area contributed by atoms with Crippen LogP contribution in [0.5, 0.6) is 0 Å². The maximum absolute atomic E-state index is 5.30. The highest BCUT2D eigenvalue weighted by Crippen LogP contribution is 2.29. The first kappa shape index (κ1) is 8.56. The van der Waals surface area contributed by atoms with Crippen LogP contribution in [0.3, 0.4) is 0 Å². The zero-order chi connectivity index (χ0) is 8.32. The van der Waals surface area contributed by atoms with Crippen molar-refractivity contribution in [3.05, 3.63) is 12.3 Å². The summed E-state index contributed by atoms with van der Waals surface area (Å²) in [4.78, 5) is 0. The number of hydrogen-bond acceptors (Lipinski definition) is 3. The Morgan fingerprint density at radius 3 is 2.73 bits per heavy atom. The smallest absolute Gasteiger partial charge is 0.326 e. The van der Waals surface area contributed by atoms with E-state index in [4.69, 9.17) is 14.2 Å². The maximum atomic E-state index is 5.30. The molecule has 0 aliphatic carbocycles. The van der Waals surface area contributed by atoms with Gasteiger partial charge in [-0.1, -0.05) is 13.5 Å². The van der Waals surface area contributed by atoms with Gasteiger partial charge in [-0.2, -0.15) is 0 Å². The van der Waals surface area contributed by atoms with E-state index < -0.39 is 5.97 Å². The lowest BCUT2D eigenvalue weighted by Gasteiger charge is -2.24. The molecule has 1 unspecified atom stereocenters. The average Bonchev–Trinajstić information content (AvgIpc) is 2.34. The molecule has 1 fully saturated rings.